The summed E-state index contributed by atoms with van der Waals surface area (Å²) in [5.74, 6) is -0.471. The predicted octanol–water partition coefficient (Wildman–Crippen LogP) is 5.45. The molecule has 1 fully saturated rings. The summed E-state index contributed by atoms with van der Waals surface area (Å²) in [4.78, 5) is 42.7. The smallest absolute Gasteiger partial charge is 0.408 e. The van der Waals surface area contributed by atoms with E-state index in [1.807, 2.05) is 76.2 Å². The Bertz CT molecular complexity index is 1120. The molecule has 206 valence electrons. The number of amides is 3. The van der Waals surface area contributed by atoms with Crippen molar-refractivity contribution in [2.75, 3.05) is 0 Å². The summed E-state index contributed by atoms with van der Waals surface area (Å²) in [6.07, 6.45) is 0.154. The summed E-state index contributed by atoms with van der Waals surface area (Å²) in [5, 5.41) is 5.88. The minimum atomic E-state index is -0.841. The molecule has 0 radical (unpaired) electrons. The van der Waals surface area contributed by atoms with Gasteiger partial charge in [0.15, 0.2) is 0 Å². The summed E-state index contributed by atoms with van der Waals surface area (Å²) in [5.41, 5.74) is 2.99. The maximum atomic E-state index is 14.3. The minimum absolute atomic E-state index is 0.101. The molecule has 3 amide bonds. The highest BCUT2D eigenvalue weighted by atomic mass is 16.6. The summed E-state index contributed by atoms with van der Waals surface area (Å²) in [7, 11) is 0. The van der Waals surface area contributed by atoms with E-state index in [2.05, 4.69) is 17.6 Å². The highest BCUT2D eigenvalue weighted by Crippen LogP contribution is 2.42. The Morgan fingerprint density at radius 3 is 2.08 bits per heavy atom. The van der Waals surface area contributed by atoms with Crippen molar-refractivity contribution in [2.45, 2.75) is 92.1 Å². The first-order valence-corrected chi connectivity index (χ1v) is 13.5. The minimum Gasteiger partial charge on any atom is -0.444 e. The number of aryl methyl sites for hydroxylation is 2. The van der Waals surface area contributed by atoms with Gasteiger partial charge in [0.05, 0.1) is 0 Å². The van der Waals surface area contributed by atoms with Crippen molar-refractivity contribution in [3.8, 4) is 0 Å². The van der Waals surface area contributed by atoms with Gasteiger partial charge >= 0.3 is 6.09 Å². The van der Waals surface area contributed by atoms with Gasteiger partial charge in [0.25, 0.3) is 0 Å². The fraction of sp³-hybridized carbons (Fsp3) is 0.516. The number of carbonyl (C=O) groups excluding carboxylic acids is 3. The van der Waals surface area contributed by atoms with Crippen molar-refractivity contribution < 1.29 is 19.1 Å². The van der Waals surface area contributed by atoms with Gasteiger partial charge in [-0.15, -0.1) is 0 Å². The van der Waals surface area contributed by atoms with Crippen LogP contribution in [-0.2, 0) is 20.9 Å². The summed E-state index contributed by atoms with van der Waals surface area (Å²) >= 11 is 0. The van der Waals surface area contributed by atoms with E-state index in [1.165, 1.54) is 0 Å². The molecular weight excluding hydrogens is 478 g/mol. The van der Waals surface area contributed by atoms with Gasteiger partial charge in [0.1, 0.15) is 17.7 Å². The average molecular weight is 522 g/mol. The van der Waals surface area contributed by atoms with Crippen LogP contribution in [0.5, 0.6) is 0 Å². The van der Waals surface area contributed by atoms with Crippen LogP contribution in [0, 0.1) is 25.7 Å². The van der Waals surface area contributed by atoms with Crippen LogP contribution in [0.25, 0.3) is 0 Å². The molecule has 0 spiro atoms. The van der Waals surface area contributed by atoms with Crippen LogP contribution in [0.4, 0.5) is 4.79 Å². The molecule has 7 heteroatoms. The SMILES string of the molecule is Cc1cccc(C)c1C(C(=O)NCc1ccccc1)N(C(=O)C(NC(=O)OC(C)(C)C)C(C)C)C1CC1C. The van der Waals surface area contributed by atoms with E-state index in [0.717, 1.165) is 28.7 Å². The normalized spacial score (nSPS) is 18.3. The first-order chi connectivity index (χ1) is 17.8. The van der Waals surface area contributed by atoms with E-state index in [-0.39, 0.29) is 29.7 Å². The summed E-state index contributed by atoms with van der Waals surface area (Å²) in [6.45, 7) is 15.5. The third-order valence-corrected chi connectivity index (χ3v) is 6.94. The zero-order valence-electron chi connectivity index (χ0n) is 24.0. The number of benzene rings is 2. The zero-order valence-corrected chi connectivity index (χ0v) is 24.0. The van der Waals surface area contributed by atoms with Gasteiger partial charge in [-0.2, -0.15) is 0 Å². The molecule has 38 heavy (non-hydrogen) atoms. The molecule has 0 bridgehead atoms. The van der Waals surface area contributed by atoms with Crippen molar-refractivity contribution in [3.63, 3.8) is 0 Å². The second-order valence-electron chi connectivity index (χ2n) is 11.8. The van der Waals surface area contributed by atoms with Crippen LogP contribution in [-0.4, -0.2) is 40.5 Å². The third-order valence-electron chi connectivity index (χ3n) is 6.94. The topological polar surface area (TPSA) is 87.7 Å². The van der Waals surface area contributed by atoms with Crippen molar-refractivity contribution in [1.82, 2.24) is 15.5 Å². The molecule has 0 aromatic heterocycles. The van der Waals surface area contributed by atoms with Gasteiger partial charge in [-0.25, -0.2) is 4.79 Å². The molecule has 0 aliphatic heterocycles. The highest BCUT2D eigenvalue weighted by molar-refractivity contribution is 5.93. The molecule has 0 saturated heterocycles. The predicted molar refractivity (Wildman–Crippen MR) is 149 cm³/mol. The Hall–Kier alpha value is -3.35. The van der Waals surface area contributed by atoms with Crippen LogP contribution < -0.4 is 10.6 Å². The van der Waals surface area contributed by atoms with Crippen LogP contribution in [0.2, 0.25) is 0 Å². The van der Waals surface area contributed by atoms with Gasteiger partial charge in [-0.05, 0) is 75.1 Å². The number of hydrogen-bond acceptors (Lipinski definition) is 4. The van der Waals surface area contributed by atoms with E-state index in [0.29, 0.717) is 6.54 Å². The second-order valence-corrected chi connectivity index (χ2v) is 11.8. The maximum Gasteiger partial charge on any atom is 0.408 e. The second kappa shape index (κ2) is 12.0. The Morgan fingerprint density at radius 1 is 1.00 bits per heavy atom. The molecule has 2 aromatic rings. The molecule has 4 atom stereocenters. The first-order valence-electron chi connectivity index (χ1n) is 13.5. The molecule has 1 saturated carbocycles. The van der Waals surface area contributed by atoms with E-state index in [4.69, 9.17) is 4.74 Å². The van der Waals surface area contributed by atoms with Gasteiger partial charge in [0, 0.05) is 12.6 Å². The lowest BCUT2D eigenvalue weighted by atomic mass is 9.92. The van der Waals surface area contributed by atoms with Crippen molar-refractivity contribution in [1.29, 1.82) is 0 Å². The number of nitrogens with one attached hydrogen (secondary N) is 2. The van der Waals surface area contributed by atoms with E-state index in [1.54, 1.807) is 25.7 Å². The van der Waals surface area contributed by atoms with Crippen molar-refractivity contribution in [3.05, 3.63) is 70.8 Å². The highest BCUT2D eigenvalue weighted by Gasteiger charge is 2.49. The van der Waals surface area contributed by atoms with Gasteiger partial charge in [-0.1, -0.05) is 69.3 Å². The molecule has 7 nitrogen and oxygen atoms in total. The Kier molecular flexibility index (Phi) is 9.23. The first kappa shape index (κ1) is 29.2. The zero-order chi connectivity index (χ0) is 28.2. The van der Waals surface area contributed by atoms with E-state index in [9.17, 15) is 14.4 Å². The van der Waals surface area contributed by atoms with Gasteiger partial charge in [-0.3, -0.25) is 9.59 Å². The molecule has 1 aliphatic rings. The van der Waals surface area contributed by atoms with Crippen molar-refractivity contribution >= 4 is 17.9 Å². The molecule has 3 rings (SSSR count). The van der Waals surface area contributed by atoms with Crippen LogP contribution in [0.15, 0.2) is 48.5 Å². The molecule has 2 N–H and O–H groups in total. The number of carbonyl (C=O) groups is 3. The van der Waals surface area contributed by atoms with Gasteiger partial charge in [0.2, 0.25) is 11.8 Å². The monoisotopic (exact) mass is 521 g/mol. The standard InChI is InChI=1S/C31H43N3O4/c1-19(2)26(33-30(37)38-31(6,7)8)29(36)34(24-17-22(24)5)27(25-20(3)13-12-14-21(25)4)28(35)32-18-23-15-10-9-11-16-23/h9-16,19,22,24,26-27H,17-18H2,1-8H3,(H,32,35)(H,33,37). The van der Waals surface area contributed by atoms with E-state index < -0.39 is 23.8 Å². The van der Waals surface area contributed by atoms with Gasteiger partial charge < -0.3 is 20.3 Å². The lowest BCUT2D eigenvalue weighted by Crippen LogP contribution is -2.56. The molecule has 4 unspecified atom stereocenters. The fourth-order valence-corrected chi connectivity index (χ4v) is 4.82. The summed E-state index contributed by atoms with van der Waals surface area (Å²) < 4.78 is 5.46. The number of rotatable bonds is 9. The quantitative estimate of drug-likeness (QED) is 0.460. The lowest BCUT2D eigenvalue weighted by molar-refractivity contribution is -0.144. The number of nitrogens with zero attached hydrogens (tertiary/aromatic N) is 1. The Labute approximate surface area is 227 Å². The Morgan fingerprint density at radius 2 is 1.58 bits per heavy atom. The van der Waals surface area contributed by atoms with Crippen LogP contribution >= 0.6 is 0 Å². The number of alkyl carbamates (subject to hydrolysis) is 1. The Balaban J connectivity index is 2.01. The van der Waals surface area contributed by atoms with Crippen molar-refractivity contribution in [2.24, 2.45) is 11.8 Å². The molecule has 2 aromatic carbocycles. The third kappa shape index (κ3) is 7.36. The average Bonchev–Trinajstić information content (AvgIpc) is 3.55. The molecular formula is C31H43N3O4. The molecule has 1 aliphatic carbocycles. The van der Waals surface area contributed by atoms with Crippen LogP contribution in [0.1, 0.15) is 76.3 Å². The number of hydrogen-bond donors (Lipinski definition) is 2. The number of ether oxygens (including phenoxy) is 1. The van der Waals surface area contributed by atoms with Crippen LogP contribution in [0.3, 0.4) is 0 Å². The lowest BCUT2D eigenvalue weighted by Gasteiger charge is -2.37. The van der Waals surface area contributed by atoms with E-state index >= 15 is 0 Å². The summed E-state index contributed by atoms with van der Waals surface area (Å²) in [6, 6.07) is 13.8. The maximum absolute atomic E-state index is 14.3. The largest absolute Gasteiger partial charge is 0.444 e. The fourth-order valence-electron chi connectivity index (χ4n) is 4.82. The molecule has 0 heterocycles.